The van der Waals surface area contributed by atoms with Gasteiger partial charge in [0, 0.05) is 32.2 Å². The molecule has 0 atom stereocenters. The number of nitrogens with zero attached hydrogens (tertiary/aromatic N) is 3. The zero-order chi connectivity index (χ0) is 22.1. The molecule has 0 bridgehead atoms. The summed E-state index contributed by atoms with van der Waals surface area (Å²) in [6, 6.07) is 9.42. The van der Waals surface area contributed by atoms with E-state index in [9.17, 15) is 8.42 Å². The van der Waals surface area contributed by atoms with Crippen molar-refractivity contribution >= 4 is 22.0 Å². The molecule has 2 fully saturated rings. The Balaban J connectivity index is 0.000000469. The highest BCUT2D eigenvalue weighted by atomic mass is 32.2. The van der Waals surface area contributed by atoms with Crippen molar-refractivity contribution < 1.29 is 28.2 Å². The van der Waals surface area contributed by atoms with E-state index in [2.05, 4.69) is 16.7 Å². The van der Waals surface area contributed by atoms with E-state index < -0.39 is 22.0 Å². The summed E-state index contributed by atoms with van der Waals surface area (Å²) >= 11 is 0. The molecule has 2 heterocycles. The van der Waals surface area contributed by atoms with Gasteiger partial charge in [-0.1, -0.05) is 25.1 Å². The van der Waals surface area contributed by atoms with Crippen LogP contribution in [0.4, 0.5) is 0 Å². The molecule has 0 aliphatic carbocycles. The molecule has 0 saturated carbocycles. The monoisotopic (exact) mass is 441 g/mol. The normalized spacial score (nSPS) is 19.6. The number of rotatable bonds is 5. The van der Waals surface area contributed by atoms with Crippen molar-refractivity contribution in [3.8, 4) is 0 Å². The first-order valence-corrected chi connectivity index (χ1v) is 11.7. The number of carboxylic acids is 2. The van der Waals surface area contributed by atoms with Crippen molar-refractivity contribution in [3.05, 3.63) is 30.3 Å². The second-order valence-corrected chi connectivity index (χ2v) is 9.37. The molecule has 3 rings (SSSR count). The smallest absolute Gasteiger partial charge is 0.414 e. The number of carbonyl (C=O) groups is 2. The molecule has 2 aliphatic heterocycles. The van der Waals surface area contributed by atoms with Crippen LogP contribution in [0.1, 0.15) is 26.2 Å². The van der Waals surface area contributed by atoms with E-state index >= 15 is 0 Å². The molecule has 2 N–H and O–H groups in total. The summed E-state index contributed by atoms with van der Waals surface area (Å²) in [6.07, 6.45) is 3.65. The Kier molecular flexibility index (Phi) is 9.22. The van der Waals surface area contributed by atoms with Gasteiger partial charge in [0.1, 0.15) is 0 Å². The van der Waals surface area contributed by atoms with Crippen LogP contribution in [0, 0.1) is 0 Å². The molecule has 9 nitrogen and oxygen atoms in total. The van der Waals surface area contributed by atoms with Crippen molar-refractivity contribution in [1.29, 1.82) is 0 Å². The highest BCUT2D eigenvalue weighted by molar-refractivity contribution is 7.89. The predicted octanol–water partition coefficient (Wildman–Crippen LogP) is 1.02. The van der Waals surface area contributed by atoms with E-state index in [0.717, 1.165) is 13.1 Å². The van der Waals surface area contributed by atoms with Crippen molar-refractivity contribution in [1.82, 2.24) is 14.1 Å². The maximum atomic E-state index is 12.7. The molecule has 1 aromatic rings. The zero-order valence-electron chi connectivity index (χ0n) is 17.3. The number of piperazine rings is 1. The lowest BCUT2D eigenvalue weighted by Gasteiger charge is -2.42. The Morgan fingerprint density at radius 1 is 0.933 bits per heavy atom. The van der Waals surface area contributed by atoms with Crippen LogP contribution in [0.25, 0.3) is 0 Å². The Hall–Kier alpha value is -2.01. The van der Waals surface area contributed by atoms with Gasteiger partial charge in [-0.15, -0.1) is 0 Å². The summed E-state index contributed by atoms with van der Waals surface area (Å²) in [5, 5.41) is 14.8. The fraction of sp³-hybridized carbons (Fsp3) is 0.600. The Morgan fingerprint density at radius 2 is 1.47 bits per heavy atom. The number of sulfonamides is 1. The lowest BCUT2D eigenvalue weighted by atomic mass is 10.0. The van der Waals surface area contributed by atoms with Gasteiger partial charge in [-0.05, 0) is 51.0 Å². The minimum Gasteiger partial charge on any atom is -0.473 e. The zero-order valence-corrected chi connectivity index (χ0v) is 18.1. The van der Waals surface area contributed by atoms with Crippen molar-refractivity contribution in [3.63, 3.8) is 0 Å². The molecule has 0 spiro atoms. The number of likely N-dealkylation sites (tertiary alicyclic amines) is 1. The Labute approximate surface area is 177 Å². The van der Waals surface area contributed by atoms with Crippen LogP contribution >= 0.6 is 0 Å². The van der Waals surface area contributed by atoms with Gasteiger partial charge in [-0.2, -0.15) is 4.31 Å². The minimum atomic E-state index is -3.33. The molecule has 2 saturated heterocycles. The van der Waals surface area contributed by atoms with Crippen LogP contribution in [0.5, 0.6) is 0 Å². The number of aliphatic carboxylic acids is 2. The number of hydrogen-bond donors (Lipinski definition) is 2. The van der Waals surface area contributed by atoms with E-state index in [4.69, 9.17) is 19.8 Å². The second-order valence-electron chi connectivity index (χ2n) is 7.44. The van der Waals surface area contributed by atoms with Crippen molar-refractivity contribution in [2.24, 2.45) is 0 Å². The minimum absolute atomic E-state index is 0.409. The van der Waals surface area contributed by atoms with Gasteiger partial charge in [0.2, 0.25) is 10.0 Å². The van der Waals surface area contributed by atoms with Gasteiger partial charge in [0.15, 0.2) is 0 Å². The van der Waals surface area contributed by atoms with Crippen LogP contribution in [0.3, 0.4) is 0 Å². The molecule has 0 unspecified atom stereocenters. The van der Waals surface area contributed by atoms with Crippen LogP contribution in [0.2, 0.25) is 0 Å². The fourth-order valence-electron chi connectivity index (χ4n) is 3.87. The molecular weight excluding hydrogens is 410 g/mol. The molecule has 168 valence electrons. The number of hydrogen-bond acceptors (Lipinski definition) is 6. The average Bonchev–Trinajstić information content (AvgIpc) is 2.75. The summed E-state index contributed by atoms with van der Waals surface area (Å²) in [6.45, 7) is 8.71. The summed E-state index contributed by atoms with van der Waals surface area (Å²) in [4.78, 5) is 23.7. The summed E-state index contributed by atoms with van der Waals surface area (Å²) < 4.78 is 27.0. The third-order valence-corrected chi connectivity index (χ3v) is 7.36. The molecule has 1 aromatic carbocycles. The molecule has 0 aromatic heterocycles. The highest BCUT2D eigenvalue weighted by Crippen LogP contribution is 2.21. The SMILES string of the molecule is CCCN1CCC(N2CCN(S(=O)(=O)c3ccccc3)CC2)CC1.O=C(O)C(=O)O. The number of piperidine rings is 1. The van der Waals surface area contributed by atoms with E-state index in [1.165, 1.54) is 38.9 Å². The third-order valence-electron chi connectivity index (χ3n) is 5.45. The van der Waals surface area contributed by atoms with Crippen LogP contribution in [-0.2, 0) is 19.6 Å². The second kappa shape index (κ2) is 11.4. The standard InChI is InChI=1S/C18H29N3O2S.C2H2O4/c1-2-10-19-11-8-17(9-12-19)20-13-15-21(16-14-20)24(22,23)18-6-4-3-5-7-18;3-1(4)2(5)6/h3-7,17H,2,8-16H2,1H3;(H,3,4)(H,5,6). The lowest BCUT2D eigenvalue weighted by molar-refractivity contribution is -0.159. The van der Waals surface area contributed by atoms with Crippen LogP contribution in [0.15, 0.2) is 35.2 Å². The largest absolute Gasteiger partial charge is 0.473 e. The van der Waals surface area contributed by atoms with Crippen LogP contribution in [-0.4, -0.2) is 96.5 Å². The number of benzene rings is 1. The molecule has 10 heteroatoms. The van der Waals surface area contributed by atoms with E-state index in [1.807, 2.05) is 6.07 Å². The van der Waals surface area contributed by atoms with Crippen molar-refractivity contribution in [2.45, 2.75) is 37.1 Å². The van der Waals surface area contributed by atoms with Gasteiger partial charge in [0.25, 0.3) is 0 Å². The van der Waals surface area contributed by atoms with E-state index in [0.29, 0.717) is 24.0 Å². The predicted molar refractivity (Wildman–Crippen MR) is 112 cm³/mol. The van der Waals surface area contributed by atoms with E-state index in [1.54, 1.807) is 28.6 Å². The molecule has 0 radical (unpaired) electrons. The Morgan fingerprint density at radius 3 is 1.93 bits per heavy atom. The molecule has 30 heavy (non-hydrogen) atoms. The third kappa shape index (κ3) is 6.76. The molecular formula is C20H31N3O6S. The van der Waals surface area contributed by atoms with Gasteiger partial charge in [-0.25, -0.2) is 18.0 Å². The van der Waals surface area contributed by atoms with Crippen LogP contribution < -0.4 is 0 Å². The maximum Gasteiger partial charge on any atom is 0.414 e. The van der Waals surface area contributed by atoms with Gasteiger partial charge >= 0.3 is 11.9 Å². The highest BCUT2D eigenvalue weighted by Gasteiger charge is 2.32. The van der Waals surface area contributed by atoms with E-state index in [-0.39, 0.29) is 0 Å². The van der Waals surface area contributed by atoms with Gasteiger partial charge in [-0.3, -0.25) is 4.90 Å². The first-order chi connectivity index (χ1) is 14.3. The quantitative estimate of drug-likeness (QED) is 0.651. The maximum absolute atomic E-state index is 12.7. The lowest BCUT2D eigenvalue weighted by Crippen LogP contribution is -2.54. The summed E-state index contributed by atoms with van der Waals surface area (Å²) in [7, 11) is -3.33. The Bertz CT molecular complexity index is 774. The van der Waals surface area contributed by atoms with Gasteiger partial charge < -0.3 is 15.1 Å². The molecule has 0 amide bonds. The first kappa shape index (κ1) is 24.3. The number of carboxylic acid groups (broad SMARTS) is 2. The van der Waals surface area contributed by atoms with Crippen molar-refractivity contribution in [2.75, 3.05) is 45.8 Å². The first-order valence-electron chi connectivity index (χ1n) is 10.2. The fourth-order valence-corrected chi connectivity index (χ4v) is 5.32. The topological polar surface area (TPSA) is 118 Å². The summed E-state index contributed by atoms with van der Waals surface area (Å²) in [5.41, 5.74) is 0. The summed E-state index contributed by atoms with van der Waals surface area (Å²) in [5.74, 6) is -3.65. The average molecular weight is 442 g/mol. The van der Waals surface area contributed by atoms with Gasteiger partial charge in [0.05, 0.1) is 4.90 Å². The molecule has 2 aliphatic rings.